The molecule has 2 rings (SSSR count). The first-order chi connectivity index (χ1) is 7.31. The highest BCUT2D eigenvalue weighted by atomic mass is 79.9. The smallest absolute Gasteiger partial charge is 0.235 e. The van der Waals surface area contributed by atoms with Crippen LogP contribution in [0.25, 0.3) is 0 Å². The molecule has 0 amide bonds. The number of methoxy groups -OCH3 is 1. The molecular weight excluding hydrogens is 256 g/mol. The molecule has 0 radical (unpaired) electrons. The Bertz CT molecular complexity index is 332. The molecule has 0 aromatic carbocycles. The molecule has 1 heterocycles. The van der Waals surface area contributed by atoms with Crippen LogP contribution in [-0.2, 0) is 0 Å². The summed E-state index contributed by atoms with van der Waals surface area (Å²) >= 11 is 3.68. The Balaban J connectivity index is 2.20. The second-order valence-corrected chi connectivity index (χ2v) is 5.21. The van der Waals surface area contributed by atoms with Gasteiger partial charge in [0.2, 0.25) is 5.88 Å². The van der Waals surface area contributed by atoms with Crippen LogP contribution in [0.4, 0.5) is 0 Å². The van der Waals surface area contributed by atoms with Crippen molar-refractivity contribution in [3.63, 3.8) is 0 Å². The van der Waals surface area contributed by atoms with Gasteiger partial charge in [-0.1, -0.05) is 22.4 Å². The van der Waals surface area contributed by atoms with E-state index >= 15 is 0 Å². The Hall–Kier alpha value is -0.640. The van der Waals surface area contributed by atoms with Crippen LogP contribution < -0.4 is 4.74 Å². The quantitative estimate of drug-likeness (QED) is 0.776. The first-order valence-corrected chi connectivity index (χ1v) is 6.21. The molecule has 0 saturated heterocycles. The molecule has 2 unspecified atom stereocenters. The molecule has 1 aliphatic carbocycles. The summed E-state index contributed by atoms with van der Waals surface area (Å²) in [6.45, 7) is 0. The molecule has 82 valence electrons. The van der Waals surface area contributed by atoms with Gasteiger partial charge in [0.1, 0.15) is 5.69 Å². The van der Waals surface area contributed by atoms with Crippen molar-refractivity contribution in [3.05, 3.63) is 18.1 Å². The number of halogens is 1. The third kappa shape index (κ3) is 2.48. The van der Waals surface area contributed by atoms with Gasteiger partial charge in [-0.2, -0.15) is 0 Å². The fourth-order valence-corrected chi connectivity index (χ4v) is 2.93. The SMILES string of the molecule is COc1nccnc1C1CCCC(Br)C1. The van der Waals surface area contributed by atoms with Crippen LogP contribution in [0.3, 0.4) is 0 Å². The monoisotopic (exact) mass is 270 g/mol. The summed E-state index contributed by atoms with van der Waals surface area (Å²) in [5.74, 6) is 1.18. The Morgan fingerprint density at radius 3 is 2.87 bits per heavy atom. The van der Waals surface area contributed by atoms with E-state index in [-0.39, 0.29) is 0 Å². The van der Waals surface area contributed by atoms with Gasteiger partial charge >= 0.3 is 0 Å². The van der Waals surface area contributed by atoms with Crippen LogP contribution >= 0.6 is 15.9 Å². The number of alkyl halides is 1. The van der Waals surface area contributed by atoms with Gasteiger partial charge in [-0.3, -0.25) is 4.98 Å². The highest BCUT2D eigenvalue weighted by Crippen LogP contribution is 2.37. The molecule has 1 saturated carbocycles. The summed E-state index contributed by atoms with van der Waals surface area (Å²) in [5.41, 5.74) is 1.02. The minimum atomic E-state index is 0.492. The highest BCUT2D eigenvalue weighted by Gasteiger charge is 2.25. The number of rotatable bonds is 2. The Morgan fingerprint density at radius 2 is 2.13 bits per heavy atom. The molecular formula is C11H15BrN2O. The summed E-state index contributed by atoms with van der Waals surface area (Å²) in [6, 6.07) is 0. The lowest BCUT2D eigenvalue weighted by molar-refractivity contribution is 0.369. The zero-order chi connectivity index (χ0) is 10.7. The molecule has 0 aliphatic heterocycles. The number of aromatic nitrogens is 2. The predicted molar refractivity (Wildman–Crippen MR) is 62.5 cm³/mol. The Labute approximate surface area is 98.4 Å². The van der Waals surface area contributed by atoms with Gasteiger partial charge in [0.05, 0.1) is 7.11 Å². The van der Waals surface area contributed by atoms with E-state index in [1.54, 1.807) is 19.5 Å². The standard InChI is InChI=1S/C11H15BrN2O/c1-15-11-10(13-5-6-14-11)8-3-2-4-9(12)7-8/h5-6,8-9H,2-4,7H2,1H3. The third-order valence-electron chi connectivity index (χ3n) is 2.88. The summed E-state index contributed by atoms with van der Waals surface area (Å²) in [4.78, 5) is 9.21. The first kappa shape index (κ1) is 10.9. The van der Waals surface area contributed by atoms with Gasteiger partial charge in [-0.25, -0.2) is 4.98 Å². The molecule has 0 bridgehead atoms. The lowest BCUT2D eigenvalue weighted by Crippen LogP contribution is -2.15. The van der Waals surface area contributed by atoms with E-state index in [2.05, 4.69) is 25.9 Å². The molecule has 0 N–H and O–H groups in total. The maximum atomic E-state index is 5.24. The maximum Gasteiger partial charge on any atom is 0.235 e. The summed E-state index contributed by atoms with van der Waals surface area (Å²) in [5, 5.41) is 0. The van der Waals surface area contributed by atoms with Crippen LogP contribution in [0.2, 0.25) is 0 Å². The zero-order valence-electron chi connectivity index (χ0n) is 8.82. The van der Waals surface area contributed by atoms with Crippen molar-refractivity contribution in [3.8, 4) is 5.88 Å². The van der Waals surface area contributed by atoms with Crippen LogP contribution in [0.15, 0.2) is 12.4 Å². The number of hydrogen-bond donors (Lipinski definition) is 0. The molecule has 1 fully saturated rings. The highest BCUT2D eigenvalue weighted by molar-refractivity contribution is 9.09. The van der Waals surface area contributed by atoms with E-state index in [0.29, 0.717) is 16.6 Å². The van der Waals surface area contributed by atoms with Gasteiger partial charge in [0.25, 0.3) is 0 Å². The van der Waals surface area contributed by atoms with Gasteiger partial charge < -0.3 is 4.74 Å². The average Bonchev–Trinajstić information content (AvgIpc) is 2.29. The molecule has 2 atom stereocenters. The van der Waals surface area contributed by atoms with E-state index in [1.165, 1.54) is 19.3 Å². The van der Waals surface area contributed by atoms with Crippen LogP contribution in [0, 0.1) is 0 Å². The third-order valence-corrected chi connectivity index (χ3v) is 3.71. The largest absolute Gasteiger partial charge is 0.480 e. The second kappa shape index (κ2) is 4.92. The van der Waals surface area contributed by atoms with E-state index < -0.39 is 0 Å². The molecule has 0 spiro atoms. The topological polar surface area (TPSA) is 35.0 Å². The Kier molecular flexibility index (Phi) is 3.57. The van der Waals surface area contributed by atoms with Crippen LogP contribution in [-0.4, -0.2) is 21.9 Å². The molecule has 1 aromatic heterocycles. The fourth-order valence-electron chi connectivity index (χ4n) is 2.15. The average molecular weight is 271 g/mol. The minimum absolute atomic E-state index is 0.492. The van der Waals surface area contributed by atoms with Crippen molar-refractivity contribution in [2.24, 2.45) is 0 Å². The fraction of sp³-hybridized carbons (Fsp3) is 0.636. The second-order valence-electron chi connectivity index (χ2n) is 3.91. The van der Waals surface area contributed by atoms with Gasteiger partial charge in [-0.15, -0.1) is 0 Å². The van der Waals surface area contributed by atoms with E-state index in [0.717, 1.165) is 12.1 Å². The minimum Gasteiger partial charge on any atom is -0.480 e. The van der Waals surface area contributed by atoms with Gasteiger partial charge in [0, 0.05) is 23.1 Å². The molecule has 1 aromatic rings. The molecule has 3 nitrogen and oxygen atoms in total. The molecule has 15 heavy (non-hydrogen) atoms. The summed E-state index contributed by atoms with van der Waals surface area (Å²) < 4.78 is 5.24. The van der Waals surface area contributed by atoms with Crippen molar-refractivity contribution in [2.75, 3.05) is 7.11 Å². The van der Waals surface area contributed by atoms with Crippen molar-refractivity contribution in [2.45, 2.75) is 36.4 Å². The Morgan fingerprint density at radius 1 is 1.33 bits per heavy atom. The lowest BCUT2D eigenvalue weighted by Gasteiger charge is -2.25. The molecule has 4 heteroatoms. The van der Waals surface area contributed by atoms with E-state index in [1.807, 2.05) is 0 Å². The predicted octanol–water partition coefficient (Wildman–Crippen LogP) is 2.91. The zero-order valence-corrected chi connectivity index (χ0v) is 10.4. The maximum absolute atomic E-state index is 5.24. The lowest BCUT2D eigenvalue weighted by atomic mass is 9.87. The van der Waals surface area contributed by atoms with Crippen LogP contribution in [0.5, 0.6) is 5.88 Å². The number of nitrogens with zero attached hydrogens (tertiary/aromatic N) is 2. The number of ether oxygens (including phenoxy) is 1. The van der Waals surface area contributed by atoms with E-state index in [9.17, 15) is 0 Å². The van der Waals surface area contributed by atoms with Crippen molar-refractivity contribution in [1.82, 2.24) is 9.97 Å². The van der Waals surface area contributed by atoms with Gasteiger partial charge in [0.15, 0.2) is 0 Å². The number of hydrogen-bond acceptors (Lipinski definition) is 3. The van der Waals surface area contributed by atoms with Gasteiger partial charge in [-0.05, 0) is 19.3 Å². The first-order valence-electron chi connectivity index (χ1n) is 5.30. The van der Waals surface area contributed by atoms with Crippen molar-refractivity contribution >= 4 is 15.9 Å². The molecule has 1 aliphatic rings. The summed E-state index contributed by atoms with van der Waals surface area (Å²) in [6.07, 6.45) is 8.26. The van der Waals surface area contributed by atoms with E-state index in [4.69, 9.17) is 4.74 Å². The normalized spacial score (nSPS) is 26.3. The summed E-state index contributed by atoms with van der Waals surface area (Å²) in [7, 11) is 1.65. The van der Waals surface area contributed by atoms with Crippen molar-refractivity contribution < 1.29 is 4.74 Å². The van der Waals surface area contributed by atoms with Crippen LogP contribution in [0.1, 0.15) is 37.3 Å². The van der Waals surface area contributed by atoms with Crippen molar-refractivity contribution in [1.29, 1.82) is 0 Å².